The summed E-state index contributed by atoms with van der Waals surface area (Å²) in [5.74, 6) is 1.59. The lowest BCUT2D eigenvalue weighted by Crippen LogP contribution is -2.50. The second-order valence-electron chi connectivity index (χ2n) is 9.58. The van der Waals surface area contributed by atoms with E-state index < -0.39 is 0 Å². The van der Waals surface area contributed by atoms with Crippen molar-refractivity contribution in [2.45, 2.75) is 6.92 Å². The predicted octanol–water partition coefficient (Wildman–Crippen LogP) is 5.78. The minimum absolute atomic E-state index is 0.0113. The predicted molar refractivity (Wildman–Crippen MR) is 155 cm³/mol. The summed E-state index contributed by atoms with van der Waals surface area (Å²) in [4.78, 5) is 26.4. The molecule has 1 aliphatic heterocycles. The number of rotatable bonds is 6. The Morgan fingerprint density at radius 1 is 0.923 bits per heavy atom. The maximum absolute atomic E-state index is 12.9. The Morgan fingerprint density at radius 3 is 2.46 bits per heavy atom. The number of halogens is 1. The number of anilines is 1. The summed E-state index contributed by atoms with van der Waals surface area (Å²) in [6.07, 6.45) is 3.72. The van der Waals surface area contributed by atoms with Gasteiger partial charge in [-0.3, -0.25) is 4.79 Å². The van der Waals surface area contributed by atoms with E-state index in [2.05, 4.69) is 27.8 Å². The molecule has 5 aromatic rings. The number of nitrogens with zero attached hydrogens (tertiary/aromatic N) is 5. The number of hydrogen-bond donors (Lipinski definition) is 0. The molecule has 0 bridgehead atoms. The van der Waals surface area contributed by atoms with Crippen LogP contribution in [0.3, 0.4) is 0 Å². The molecule has 0 spiro atoms. The van der Waals surface area contributed by atoms with Crippen LogP contribution in [0.4, 0.5) is 5.82 Å². The number of carbonyl (C=O) groups is 1. The fourth-order valence-electron chi connectivity index (χ4n) is 5.06. The van der Waals surface area contributed by atoms with Gasteiger partial charge in [0.15, 0.2) is 12.3 Å². The molecule has 0 N–H and O–H groups in total. The number of ether oxygens (including phenoxy) is 1. The standard InChI is InChI=1S/C31H28ClN5O2/c1-22-8-5-6-13-27(22)39-20-28(38)35-14-16-36(17-15-35)30-29-26(23-9-3-2-4-10-23)19-37(31(29)34-21-33-30)25-12-7-11-24(32)18-25/h2-13,18-19,21H,14-17,20H2,1H3. The number of carbonyl (C=O) groups excluding carboxylic acids is 1. The number of benzene rings is 3. The van der Waals surface area contributed by atoms with Crippen LogP contribution in [0.1, 0.15) is 5.56 Å². The van der Waals surface area contributed by atoms with Gasteiger partial charge in [0.1, 0.15) is 17.9 Å². The molecule has 39 heavy (non-hydrogen) atoms. The monoisotopic (exact) mass is 537 g/mol. The van der Waals surface area contributed by atoms with Gasteiger partial charge in [0.2, 0.25) is 0 Å². The molecule has 7 nitrogen and oxygen atoms in total. The van der Waals surface area contributed by atoms with Gasteiger partial charge in [-0.1, -0.05) is 66.2 Å². The highest BCUT2D eigenvalue weighted by molar-refractivity contribution is 6.30. The molecule has 8 heteroatoms. The number of para-hydroxylation sites is 1. The molecule has 0 aliphatic carbocycles. The van der Waals surface area contributed by atoms with Crippen LogP contribution < -0.4 is 9.64 Å². The first-order valence-electron chi connectivity index (χ1n) is 13.0. The number of amides is 1. The third-order valence-corrected chi connectivity index (χ3v) is 7.35. The van der Waals surface area contributed by atoms with E-state index in [0.29, 0.717) is 31.2 Å². The van der Waals surface area contributed by atoms with Gasteiger partial charge < -0.3 is 19.1 Å². The summed E-state index contributed by atoms with van der Waals surface area (Å²) in [7, 11) is 0. The molecule has 3 aromatic carbocycles. The number of hydrogen-bond acceptors (Lipinski definition) is 5. The molecule has 1 saturated heterocycles. The lowest BCUT2D eigenvalue weighted by molar-refractivity contribution is -0.133. The Labute approximate surface area is 232 Å². The topological polar surface area (TPSA) is 63.5 Å². The number of aromatic nitrogens is 3. The van der Waals surface area contributed by atoms with Crippen LogP contribution in [0.2, 0.25) is 5.02 Å². The SMILES string of the molecule is Cc1ccccc1OCC(=O)N1CCN(c2ncnc3c2c(-c2ccccc2)cn3-c2cccc(Cl)c2)CC1. The summed E-state index contributed by atoms with van der Waals surface area (Å²) < 4.78 is 7.87. The van der Waals surface area contributed by atoms with Gasteiger partial charge in [0, 0.05) is 48.6 Å². The van der Waals surface area contributed by atoms with Crippen LogP contribution in [0.15, 0.2) is 91.4 Å². The first-order valence-corrected chi connectivity index (χ1v) is 13.3. The Bertz CT molecular complexity index is 1630. The molecule has 0 atom stereocenters. The second-order valence-corrected chi connectivity index (χ2v) is 10.0. The van der Waals surface area contributed by atoms with Gasteiger partial charge >= 0.3 is 0 Å². The fraction of sp³-hybridized carbons (Fsp3) is 0.194. The van der Waals surface area contributed by atoms with E-state index in [0.717, 1.165) is 45.0 Å². The zero-order chi connectivity index (χ0) is 26.8. The van der Waals surface area contributed by atoms with Gasteiger partial charge in [-0.05, 0) is 42.3 Å². The number of piperazine rings is 1. The van der Waals surface area contributed by atoms with Gasteiger partial charge in [-0.2, -0.15) is 0 Å². The molecule has 0 unspecified atom stereocenters. The van der Waals surface area contributed by atoms with Crippen molar-refractivity contribution < 1.29 is 9.53 Å². The van der Waals surface area contributed by atoms with Crippen molar-refractivity contribution in [3.63, 3.8) is 0 Å². The third-order valence-electron chi connectivity index (χ3n) is 7.11. The summed E-state index contributed by atoms with van der Waals surface area (Å²) in [5, 5.41) is 1.64. The normalized spacial score (nSPS) is 13.6. The van der Waals surface area contributed by atoms with Gasteiger partial charge in [-0.15, -0.1) is 0 Å². The van der Waals surface area contributed by atoms with Crippen molar-refractivity contribution in [3.05, 3.63) is 102 Å². The molecule has 2 aromatic heterocycles. The zero-order valence-electron chi connectivity index (χ0n) is 21.6. The van der Waals surface area contributed by atoms with Crippen LogP contribution >= 0.6 is 11.6 Å². The molecule has 0 radical (unpaired) electrons. The van der Waals surface area contributed by atoms with Crippen molar-refractivity contribution in [1.82, 2.24) is 19.4 Å². The molecule has 3 heterocycles. The lowest BCUT2D eigenvalue weighted by Gasteiger charge is -2.35. The van der Waals surface area contributed by atoms with Crippen molar-refractivity contribution in [1.29, 1.82) is 0 Å². The summed E-state index contributed by atoms with van der Waals surface area (Å²) in [6, 6.07) is 25.8. The highest BCUT2D eigenvalue weighted by Crippen LogP contribution is 2.37. The molecule has 1 amide bonds. The van der Waals surface area contributed by atoms with E-state index >= 15 is 0 Å². The lowest BCUT2D eigenvalue weighted by atomic mass is 10.1. The van der Waals surface area contributed by atoms with Crippen LogP contribution in [-0.2, 0) is 4.79 Å². The van der Waals surface area contributed by atoms with E-state index in [-0.39, 0.29) is 12.5 Å². The van der Waals surface area contributed by atoms with Gasteiger partial charge in [0.05, 0.1) is 5.39 Å². The summed E-state index contributed by atoms with van der Waals surface area (Å²) in [6.45, 7) is 4.53. The fourth-order valence-corrected chi connectivity index (χ4v) is 5.25. The summed E-state index contributed by atoms with van der Waals surface area (Å²) >= 11 is 6.33. The van der Waals surface area contributed by atoms with Crippen LogP contribution in [-0.4, -0.2) is 58.1 Å². The summed E-state index contributed by atoms with van der Waals surface area (Å²) in [5.41, 5.74) is 4.89. The minimum Gasteiger partial charge on any atom is -0.484 e. The average Bonchev–Trinajstić information content (AvgIpc) is 3.37. The van der Waals surface area contributed by atoms with Crippen LogP contribution in [0.25, 0.3) is 27.8 Å². The molecule has 1 fully saturated rings. The Hall–Kier alpha value is -4.36. The molecule has 6 rings (SSSR count). The highest BCUT2D eigenvalue weighted by atomic mass is 35.5. The average molecular weight is 538 g/mol. The largest absolute Gasteiger partial charge is 0.484 e. The van der Waals surface area contributed by atoms with Gasteiger partial charge in [-0.25, -0.2) is 9.97 Å². The number of aryl methyl sites for hydroxylation is 1. The second kappa shape index (κ2) is 10.8. The van der Waals surface area contributed by atoms with Gasteiger partial charge in [0.25, 0.3) is 5.91 Å². The molecule has 1 aliphatic rings. The quantitative estimate of drug-likeness (QED) is 0.275. The first kappa shape index (κ1) is 24.9. The minimum atomic E-state index is -0.0113. The Kier molecular flexibility index (Phi) is 6.90. The number of fused-ring (bicyclic) bond motifs is 1. The third kappa shape index (κ3) is 5.05. The van der Waals surface area contributed by atoms with Crippen molar-refractivity contribution in [3.8, 4) is 22.6 Å². The van der Waals surface area contributed by atoms with E-state index in [1.54, 1.807) is 6.33 Å². The van der Waals surface area contributed by atoms with E-state index in [4.69, 9.17) is 26.3 Å². The van der Waals surface area contributed by atoms with Crippen LogP contribution in [0, 0.1) is 6.92 Å². The zero-order valence-corrected chi connectivity index (χ0v) is 22.4. The Balaban J connectivity index is 1.28. The molecule has 0 saturated carbocycles. The van der Waals surface area contributed by atoms with Crippen molar-refractivity contribution >= 4 is 34.4 Å². The van der Waals surface area contributed by atoms with E-state index in [9.17, 15) is 4.79 Å². The van der Waals surface area contributed by atoms with Crippen LogP contribution in [0.5, 0.6) is 5.75 Å². The Morgan fingerprint density at radius 2 is 1.69 bits per heavy atom. The van der Waals surface area contributed by atoms with E-state index in [1.807, 2.05) is 78.6 Å². The van der Waals surface area contributed by atoms with E-state index in [1.165, 1.54) is 0 Å². The molecule has 196 valence electrons. The molecular formula is C31H28ClN5O2. The maximum atomic E-state index is 12.9. The van der Waals surface area contributed by atoms with Crippen molar-refractivity contribution in [2.24, 2.45) is 0 Å². The van der Waals surface area contributed by atoms with Crippen molar-refractivity contribution in [2.75, 3.05) is 37.7 Å². The first-order chi connectivity index (χ1) is 19.1. The molecular weight excluding hydrogens is 510 g/mol. The smallest absolute Gasteiger partial charge is 0.260 e. The maximum Gasteiger partial charge on any atom is 0.260 e. The highest BCUT2D eigenvalue weighted by Gasteiger charge is 2.26.